The first-order valence-corrected chi connectivity index (χ1v) is 7.99. The summed E-state index contributed by atoms with van der Waals surface area (Å²) in [7, 11) is 5.38. The zero-order valence-electron chi connectivity index (χ0n) is 14.8. The molecule has 0 aliphatic carbocycles. The molecule has 130 valence electrons. The van der Waals surface area contributed by atoms with Crippen LogP contribution in [0.2, 0.25) is 0 Å². The minimum Gasteiger partial charge on any atom is -0.507 e. The van der Waals surface area contributed by atoms with Gasteiger partial charge < -0.3 is 19.5 Å². The molecule has 5 heteroatoms. The third kappa shape index (κ3) is 3.10. The molecule has 0 saturated carbocycles. The molecule has 0 spiro atoms. The summed E-state index contributed by atoms with van der Waals surface area (Å²) in [5, 5.41) is 10.3. The number of allylic oxidation sites excluding steroid dienone is 1. The summed E-state index contributed by atoms with van der Waals surface area (Å²) >= 11 is 0. The number of carbonyl (C=O) groups excluding carboxylic acids is 1. The number of ketones is 1. The van der Waals surface area contributed by atoms with Crippen molar-refractivity contribution in [2.24, 2.45) is 0 Å². The average Bonchev–Trinajstić information content (AvgIpc) is 2.89. The van der Waals surface area contributed by atoms with E-state index in [1.54, 1.807) is 26.2 Å². The Balaban J connectivity index is 2.09. The van der Waals surface area contributed by atoms with Crippen molar-refractivity contribution in [3.63, 3.8) is 0 Å². The van der Waals surface area contributed by atoms with E-state index in [2.05, 4.69) is 0 Å². The Bertz CT molecular complexity index is 868. The molecule has 0 aromatic heterocycles. The largest absolute Gasteiger partial charge is 0.507 e. The highest BCUT2D eigenvalue weighted by Gasteiger charge is 2.33. The van der Waals surface area contributed by atoms with Gasteiger partial charge in [0.25, 0.3) is 0 Å². The highest BCUT2D eigenvalue weighted by Crippen LogP contribution is 2.42. The van der Waals surface area contributed by atoms with Crippen molar-refractivity contribution in [2.45, 2.75) is 13.5 Å². The van der Waals surface area contributed by atoms with Crippen LogP contribution in [0.25, 0.3) is 6.08 Å². The second-order valence-electron chi connectivity index (χ2n) is 6.31. The van der Waals surface area contributed by atoms with Gasteiger partial charge in [0.1, 0.15) is 17.2 Å². The first-order valence-electron chi connectivity index (χ1n) is 7.99. The van der Waals surface area contributed by atoms with Crippen LogP contribution in [-0.2, 0) is 6.54 Å². The van der Waals surface area contributed by atoms with Gasteiger partial charge >= 0.3 is 0 Å². The number of ether oxygens (including phenoxy) is 2. The minimum absolute atomic E-state index is 0.135. The van der Waals surface area contributed by atoms with E-state index in [1.165, 1.54) is 0 Å². The molecule has 2 aromatic rings. The van der Waals surface area contributed by atoms with Crippen molar-refractivity contribution in [1.82, 2.24) is 4.90 Å². The number of methoxy groups -OCH3 is 1. The van der Waals surface area contributed by atoms with Gasteiger partial charge in [0.15, 0.2) is 5.76 Å². The van der Waals surface area contributed by atoms with Crippen LogP contribution in [0.4, 0.5) is 0 Å². The number of phenolic OH excluding ortho intramolecular Hbond substituents is 1. The van der Waals surface area contributed by atoms with Gasteiger partial charge in [-0.3, -0.25) is 4.79 Å². The lowest BCUT2D eigenvalue weighted by molar-refractivity contribution is 0.101. The van der Waals surface area contributed by atoms with E-state index in [1.807, 2.05) is 43.3 Å². The fourth-order valence-corrected chi connectivity index (χ4v) is 2.98. The van der Waals surface area contributed by atoms with Gasteiger partial charge in [0, 0.05) is 12.1 Å². The van der Waals surface area contributed by atoms with Crippen LogP contribution >= 0.6 is 0 Å². The van der Waals surface area contributed by atoms with Crippen molar-refractivity contribution in [1.29, 1.82) is 0 Å². The van der Waals surface area contributed by atoms with Crippen LogP contribution in [0.1, 0.15) is 27.0 Å². The molecule has 25 heavy (non-hydrogen) atoms. The van der Waals surface area contributed by atoms with E-state index in [4.69, 9.17) is 9.47 Å². The Kier molecular flexibility index (Phi) is 4.51. The van der Waals surface area contributed by atoms with Crippen LogP contribution < -0.4 is 9.47 Å². The molecular formula is C20H21NO4. The normalized spacial score (nSPS) is 14.8. The lowest BCUT2D eigenvalue weighted by atomic mass is 9.99. The smallest absolute Gasteiger partial charge is 0.232 e. The van der Waals surface area contributed by atoms with Crippen LogP contribution in [0.15, 0.2) is 36.1 Å². The van der Waals surface area contributed by atoms with Crippen LogP contribution in [0, 0.1) is 6.92 Å². The summed E-state index contributed by atoms with van der Waals surface area (Å²) in [6, 6.07) is 9.04. The summed E-state index contributed by atoms with van der Waals surface area (Å²) < 4.78 is 11.2. The lowest BCUT2D eigenvalue weighted by Crippen LogP contribution is -2.12. The lowest BCUT2D eigenvalue weighted by Gasteiger charge is -2.15. The SMILES string of the molecule is COc1ccccc1/C=C1/Oc2c(CN(C)C)c(O)cc(C)c2C1=O. The Morgan fingerprint density at radius 1 is 1.28 bits per heavy atom. The highest BCUT2D eigenvalue weighted by molar-refractivity contribution is 6.16. The number of fused-ring (bicyclic) bond motifs is 1. The number of para-hydroxylation sites is 1. The molecule has 0 bridgehead atoms. The van der Waals surface area contributed by atoms with E-state index in [0.717, 1.165) is 5.56 Å². The van der Waals surface area contributed by atoms with E-state index >= 15 is 0 Å². The number of aryl methyl sites for hydroxylation is 1. The maximum Gasteiger partial charge on any atom is 0.232 e. The number of nitrogens with zero attached hydrogens (tertiary/aromatic N) is 1. The Morgan fingerprint density at radius 3 is 2.68 bits per heavy atom. The van der Waals surface area contributed by atoms with E-state index in [9.17, 15) is 9.90 Å². The maximum atomic E-state index is 12.8. The molecule has 0 atom stereocenters. The molecule has 1 aliphatic heterocycles. The zero-order chi connectivity index (χ0) is 18.1. The number of Topliss-reactive ketones (excluding diaryl/α,β-unsaturated/α-hetero) is 1. The quantitative estimate of drug-likeness (QED) is 0.865. The maximum absolute atomic E-state index is 12.8. The van der Waals surface area contributed by atoms with Crippen molar-refractivity contribution in [3.05, 3.63) is 58.3 Å². The van der Waals surface area contributed by atoms with Gasteiger partial charge in [-0.2, -0.15) is 0 Å². The molecule has 0 amide bonds. The third-order valence-corrected chi connectivity index (χ3v) is 4.12. The van der Waals surface area contributed by atoms with Gasteiger partial charge in [-0.1, -0.05) is 18.2 Å². The summed E-state index contributed by atoms with van der Waals surface area (Å²) in [5.41, 5.74) is 2.58. The Morgan fingerprint density at radius 2 is 2.00 bits per heavy atom. The number of benzene rings is 2. The van der Waals surface area contributed by atoms with Crippen molar-refractivity contribution < 1.29 is 19.4 Å². The van der Waals surface area contributed by atoms with E-state index in [0.29, 0.717) is 34.7 Å². The Labute approximate surface area is 147 Å². The molecule has 1 aliphatic rings. The zero-order valence-corrected chi connectivity index (χ0v) is 14.8. The summed E-state index contributed by atoms with van der Waals surface area (Å²) in [6.07, 6.45) is 1.68. The number of hydrogen-bond donors (Lipinski definition) is 1. The fourth-order valence-electron chi connectivity index (χ4n) is 2.98. The monoisotopic (exact) mass is 339 g/mol. The van der Waals surface area contributed by atoms with Gasteiger partial charge in [-0.15, -0.1) is 0 Å². The summed E-state index contributed by atoms with van der Waals surface area (Å²) in [4.78, 5) is 14.8. The van der Waals surface area contributed by atoms with Crippen molar-refractivity contribution in [3.8, 4) is 17.2 Å². The molecule has 0 saturated heterocycles. The van der Waals surface area contributed by atoms with Gasteiger partial charge in [0.2, 0.25) is 5.78 Å². The van der Waals surface area contributed by atoms with Crippen LogP contribution in [-0.4, -0.2) is 37.0 Å². The second kappa shape index (κ2) is 6.61. The molecular weight excluding hydrogens is 318 g/mol. The molecule has 1 N–H and O–H groups in total. The number of rotatable bonds is 4. The summed E-state index contributed by atoms with van der Waals surface area (Å²) in [6.45, 7) is 2.27. The topological polar surface area (TPSA) is 59.0 Å². The molecule has 0 unspecified atom stereocenters. The predicted molar refractivity (Wildman–Crippen MR) is 96.2 cm³/mol. The number of aromatic hydroxyl groups is 1. The number of carbonyl (C=O) groups is 1. The molecule has 0 radical (unpaired) electrons. The van der Waals surface area contributed by atoms with Gasteiger partial charge in [0.05, 0.1) is 18.2 Å². The third-order valence-electron chi connectivity index (χ3n) is 4.12. The fraction of sp³-hybridized carbons (Fsp3) is 0.250. The number of hydrogen-bond acceptors (Lipinski definition) is 5. The van der Waals surface area contributed by atoms with E-state index in [-0.39, 0.29) is 17.3 Å². The molecule has 0 fully saturated rings. The molecule has 5 nitrogen and oxygen atoms in total. The van der Waals surface area contributed by atoms with E-state index < -0.39 is 0 Å². The Hall–Kier alpha value is -2.79. The standard InChI is InChI=1S/C20H21NO4/c1-12-9-15(22)14(11-21(2)3)20-18(12)19(23)17(25-20)10-13-7-5-6-8-16(13)24-4/h5-10,22H,11H2,1-4H3/b17-10+. The summed E-state index contributed by atoms with van der Waals surface area (Å²) in [5.74, 6) is 1.29. The van der Waals surface area contributed by atoms with Crippen molar-refractivity contribution >= 4 is 11.9 Å². The highest BCUT2D eigenvalue weighted by atomic mass is 16.5. The van der Waals surface area contributed by atoms with Gasteiger partial charge in [-0.05, 0) is 44.8 Å². The predicted octanol–water partition coefficient (Wildman–Crippen LogP) is 3.39. The van der Waals surface area contributed by atoms with Crippen molar-refractivity contribution in [2.75, 3.05) is 21.2 Å². The first kappa shape index (κ1) is 17.0. The average molecular weight is 339 g/mol. The molecule has 1 heterocycles. The minimum atomic E-state index is -0.182. The second-order valence-corrected chi connectivity index (χ2v) is 6.31. The van der Waals surface area contributed by atoms with Crippen LogP contribution in [0.3, 0.4) is 0 Å². The molecule has 3 rings (SSSR count). The van der Waals surface area contributed by atoms with Crippen LogP contribution in [0.5, 0.6) is 17.2 Å². The first-order chi connectivity index (χ1) is 11.9. The molecule has 2 aromatic carbocycles. The van der Waals surface area contributed by atoms with Gasteiger partial charge in [-0.25, -0.2) is 0 Å². The number of phenols is 1.